The van der Waals surface area contributed by atoms with E-state index in [4.69, 9.17) is 0 Å². The second kappa shape index (κ2) is 6.70. The number of imidazole rings is 1. The van der Waals surface area contributed by atoms with E-state index in [0.717, 1.165) is 6.54 Å². The average Bonchev–Trinajstić information content (AvgIpc) is 2.92. The largest absolute Gasteiger partial charge is 0.370 e. The molecule has 2 aromatic heterocycles. The molecule has 1 unspecified atom stereocenters. The van der Waals surface area contributed by atoms with Crippen molar-refractivity contribution in [3.8, 4) is 0 Å². The summed E-state index contributed by atoms with van der Waals surface area (Å²) < 4.78 is 1.92. The highest BCUT2D eigenvalue weighted by molar-refractivity contribution is 5.92. The highest BCUT2D eigenvalue weighted by atomic mass is 16.1. The number of anilines is 1. The number of amides is 1. The molecule has 0 aliphatic carbocycles. The van der Waals surface area contributed by atoms with Crippen molar-refractivity contribution < 1.29 is 4.79 Å². The van der Waals surface area contributed by atoms with Crippen LogP contribution in [-0.2, 0) is 6.54 Å². The van der Waals surface area contributed by atoms with Crippen molar-refractivity contribution in [1.82, 2.24) is 19.9 Å². The van der Waals surface area contributed by atoms with Crippen LogP contribution >= 0.6 is 0 Å². The lowest BCUT2D eigenvalue weighted by atomic mass is 10.3. The predicted octanol–water partition coefficient (Wildman–Crippen LogP) is 1.53. The SMILES string of the molecule is CCNc1cccc(C(=O)NC(C)Cn2ccnc2)n1. The number of pyridine rings is 1. The first-order chi connectivity index (χ1) is 9.69. The Balaban J connectivity index is 1.95. The topological polar surface area (TPSA) is 71.8 Å². The number of hydrogen-bond donors (Lipinski definition) is 2. The van der Waals surface area contributed by atoms with Gasteiger partial charge in [0.05, 0.1) is 6.33 Å². The number of rotatable bonds is 6. The van der Waals surface area contributed by atoms with Crippen LogP contribution in [0.2, 0.25) is 0 Å². The number of aromatic nitrogens is 3. The number of nitrogens with zero attached hydrogens (tertiary/aromatic N) is 3. The molecule has 1 amide bonds. The predicted molar refractivity (Wildman–Crippen MR) is 77.6 cm³/mol. The summed E-state index contributed by atoms with van der Waals surface area (Å²) in [4.78, 5) is 20.4. The van der Waals surface area contributed by atoms with Gasteiger partial charge < -0.3 is 15.2 Å². The maximum atomic E-state index is 12.1. The van der Waals surface area contributed by atoms with Gasteiger partial charge in [-0.25, -0.2) is 9.97 Å². The van der Waals surface area contributed by atoms with Gasteiger partial charge in [-0.05, 0) is 26.0 Å². The summed E-state index contributed by atoms with van der Waals surface area (Å²) in [5.74, 6) is 0.541. The number of carbonyl (C=O) groups excluding carboxylic acids is 1. The molecule has 6 heteroatoms. The van der Waals surface area contributed by atoms with Gasteiger partial charge in [0.25, 0.3) is 5.91 Å². The van der Waals surface area contributed by atoms with Gasteiger partial charge in [-0.1, -0.05) is 6.07 Å². The van der Waals surface area contributed by atoms with E-state index in [9.17, 15) is 4.79 Å². The number of hydrogen-bond acceptors (Lipinski definition) is 4. The maximum absolute atomic E-state index is 12.1. The Bertz CT molecular complexity index is 552. The maximum Gasteiger partial charge on any atom is 0.270 e. The molecule has 0 fully saturated rings. The monoisotopic (exact) mass is 273 g/mol. The van der Waals surface area contributed by atoms with Crippen molar-refractivity contribution >= 4 is 11.7 Å². The lowest BCUT2D eigenvalue weighted by Gasteiger charge is -2.14. The third kappa shape index (κ3) is 3.81. The smallest absolute Gasteiger partial charge is 0.270 e. The molecule has 0 spiro atoms. The first-order valence-corrected chi connectivity index (χ1v) is 6.66. The Morgan fingerprint density at radius 3 is 3.00 bits per heavy atom. The molecule has 2 N–H and O–H groups in total. The fourth-order valence-corrected chi connectivity index (χ4v) is 1.90. The molecule has 2 aromatic rings. The van der Waals surface area contributed by atoms with Crippen LogP contribution in [0.25, 0.3) is 0 Å². The molecule has 2 heterocycles. The van der Waals surface area contributed by atoms with Crippen LogP contribution in [0.4, 0.5) is 5.82 Å². The van der Waals surface area contributed by atoms with Crippen molar-refractivity contribution in [3.63, 3.8) is 0 Å². The summed E-state index contributed by atoms with van der Waals surface area (Å²) in [7, 11) is 0. The molecule has 0 aromatic carbocycles. The molecule has 0 saturated heterocycles. The van der Waals surface area contributed by atoms with Crippen LogP contribution in [0.3, 0.4) is 0 Å². The molecule has 0 bridgehead atoms. The summed E-state index contributed by atoms with van der Waals surface area (Å²) >= 11 is 0. The second-order valence-corrected chi connectivity index (χ2v) is 4.57. The van der Waals surface area contributed by atoms with Crippen LogP contribution in [0.1, 0.15) is 24.3 Å². The highest BCUT2D eigenvalue weighted by Crippen LogP contribution is 2.05. The van der Waals surface area contributed by atoms with Gasteiger partial charge in [0.1, 0.15) is 11.5 Å². The summed E-state index contributed by atoms with van der Waals surface area (Å²) in [6.07, 6.45) is 5.31. The summed E-state index contributed by atoms with van der Waals surface area (Å²) in [6, 6.07) is 5.37. The van der Waals surface area contributed by atoms with Crippen LogP contribution in [0, 0.1) is 0 Å². The second-order valence-electron chi connectivity index (χ2n) is 4.57. The summed E-state index contributed by atoms with van der Waals surface area (Å²) in [5, 5.41) is 6.01. The van der Waals surface area contributed by atoms with Crippen molar-refractivity contribution in [3.05, 3.63) is 42.6 Å². The molecule has 106 valence electrons. The lowest BCUT2D eigenvalue weighted by molar-refractivity contribution is 0.0932. The molecule has 1 atom stereocenters. The first kappa shape index (κ1) is 14.0. The molecule has 0 radical (unpaired) electrons. The minimum atomic E-state index is -0.169. The van der Waals surface area contributed by atoms with E-state index in [0.29, 0.717) is 18.1 Å². The fourth-order valence-electron chi connectivity index (χ4n) is 1.90. The summed E-state index contributed by atoms with van der Waals surface area (Å²) in [6.45, 7) is 5.39. The molecule has 0 aliphatic rings. The number of carbonyl (C=O) groups is 1. The van der Waals surface area contributed by atoms with Crippen LogP contribution in [0.5, 0.6) is 0 Å². The van der Waals surface area contributed by atoms with E-state index in [1.165, 1.54) is 0 Å². The Hall–Kier alpha value is -2.37. The van der Waals surface area contributed by atoms with Crippen molar-refractivity contribution in [2.24, 2.45) is 0 Å². The van der Waals surface area contributed by atoms with Gasteiger partial charge in [0.2, 0.25) is 0 Å². The highest BCUT2D eigenvalue weighted by Gasteiger charge is 2.11. The van der Waals surface area contributed by atoms with Gasteiger partial charge >= 0.3 is 0 Å². The van der Waals surface area contributed by atoms with Gasteiger partial charge in [-0.3, -0.25) is 4.79 Å². The Morgan fingerprint density at radius 1 is 1.45 bits per heavy atom. The van der Waals surface area contributed by atoms with Crippen LogP contribution in [-0.4, -0.2) is 33.0 Å². The van der Waals surface area contributed by atoms with Crippen LogP contribution in [0.15, 0.2) is 36.9 Å². The molecule has 0 saturated carbocycles. The Kier molecular flexibility index (Phi) is 4.70. The van der Waals surface area contributed by atoms with Gasteiger partial charge in [-0.2, -0.15) is 0 Å². The third-order valence-corrected chi connectivity index (χ3v) is 2.76. The number of nitrogens with one attached hydrogen (secondary N) is 2. The van der Waals surface area contributed by atoms with Gasteiger partial charge in [0.15, 0.2) is 0 Å². The van der Waals surface area contributed by atoms with E-state index in [-0.39, 0.29) is 11.9 Å². The molecular formula is C14H19N5O. The molecular weight excluding hydrogens is 254 g/mol. The molecule has 2 rings (SSSR count). The van der Waals surface area contributed by atoms with Gasteiger partial charge in [0, 0.05) is 31.5 Å². The lowest BCUT2D eigenvalue weighted by Crippen LogP contribution is -2.36. The average molecular weight is 273 g/mol. The zero-order valence-corrected chi connectivity index (χ0v) is 11.7. The quantitative estimate of drug-likeness (QED) is 0.837. The van der Waals surface area contributed by atoms with Crippen molar-refractivity contribution in [1.29, 1.82) is 0 Å². The zero-order chi connectivity index (χ0) is 14.4. The van der Waals surface area contributed by atoms with E-state index >= 15 is 0 Å². The normalized spacial score (nSPS) is 11.9. The first-order valence-electron chi connectivity index (χ1n) is 6.66. The van der Waals surface area contributed by atoms with Crippen molar-refractivity contribution in [2.45, 2.75) is 26.4 Å². The Labute approximate surface area is 118 Å². The Morgan fingerprint density at radius 2 is 2.30 bits per heavy atom. The van der Waals surface area contributed by atoms with Gasteiger partial charge in [-0.15, -0.1) is 0 Å². The minimum Gasteiger partial charge on any atom is -0.370 e. The zero-order valence-electron chi connectivity index (χ0n) is 11.7. The molecule has 6 nitrogen and oxygen atoms in total. The van der Waals surface area contributed by atoms with Crippen molar-refractivity contribution in [2.75, 3.05) is 11.9 Å². The molecule has 0 aliphatic heterocycles. The third-order valence-electron chi connectivity index (χ3n) is 2.76. The van der Waals surface area contributed by atoms with E-state index in [1.807, 2.05) is 36.7 Å². The fraction of sp³-hybridized carbons (Fsp3) is 0.357. The van der Waals surface area contributed by atoms with E-state index in [2.05, 4.69) is 20.6 Å². The van der Waals surface area contributed by atoms with Crippen LogP contribution < -0.4 is 10.6 Å². The van der Waals surface area contributed by atoms with E-state index in [1.54, 1.807) is 18.6 Å². The minimum absolute atomic E-state index is 0.00119. The van der Waals surface area contributed by atoms with E-state index < -0.39 is 0 Å². The summed E-state index contributed by atoms with van der Waals surface area (Å²) in [5.41, 5.74) is 0.418. The molecule has 20 heavy (non-hydrogen) atoms. The standard InChI is InChI=1S/C14H19N5O/c1-3-16-13-6-4-5-12(18-13)14(20)17-11(2)9-19-8-7-15-10-19/h4-8,10-11H,3,9H2,1-2H3,(H,16,18)(H,17,20).